The average Bonchev–Trinajstić information content (AvgIpc) is 2.84. The molecule has 0 unspecified atom stereocenters. The third-order valence-electron chi connectivity index (χ3n) is 3.57. The van der Waals surface area contributed by atoms with E-state index in [4.69, 9.17) is 10.5 Å². The van der Waals surface area contributed by atoms with Crippen LogP contribution in [0.1, 0.15) is 16.8 Å². The number of aromatic nitrogens is 3. The molecule has 0 amide bonds. The summed E-state index contributed by atoms with van der Waals surface area (Å²) < 4.78 is 7.49. The Hall–Kier alpha value is -2.40. The predicted molar refractivity (Wildman–Crippen MR) is 82.3 cm³/mol. The third-order valence-corrected chi connectivity index (χ3v) is 3.57. The van der Waals surface area contributed by atoms with Crippen LogP contribution in [0.2, 0.25) is 0 Å². The molecular formula is C16H18N4O. The monoisotopic (exact) mass is 282 g/mol. The van der Waals surface area contributed by atoms with Crippen LogP contribution in [0.25, 0.3) is 17.0 Å². The molecule has 0 fully saturated rings. The van der Waals surface area contributed by atoms with Gasteiger partial charge in [0.05, 0.1) is 18.5 Å². The van der Waals surface area contributed by atoms with Crippen molar-refractivity contribution in [3.63, 3.8) is 0 Å². The minimum atomic E-state index is 0.387. The normalized spacial score (nSPS) is 11.0. The number of hydrogen-bond acceptors (Lipinski definition) is 4. The molecule has 108 valence electrons. The van der Waals surface area contributed by atoms with Crippen molar-refractivity contribution in [1.29, 1.82) is 0 Å². The van der Waals surface area contributed by atoms with Crippen molar-refractivity contribution in [2.24, 2.45) is 5.73 Å². The second kappa shape index (κ2) is 5.18. The van der Waals surface area contributed by atoms with Crippen LogP contribution in [-0.2, 0) is 6.54 Å². The van der Waals surface area contributed by atoms with Gasteiger partial charge in [0, 0.05) is 24.5 Å². The predicted octanol–water partition coefficient (Wildman–Crippen LogP) is 2.48. The minimum Gasteiger partial charge on any atom is -0.496 e. The molecule has 3 aromatic rings. The number of aryl methyl sites for hydroxylation is 2. The summed E-state index contributed by atoms with van der Waals surface area (Å²) in [5.41, 5.74) is 10.9. The molecule has 0 bridgehead atoms. The van der Waals surface area contributed by atoms with E-state index < -0.39 is 0 Å². The van der Waals surface area contributed by atoms with E-state index >= 15 is 0 Å². The van der Waals surface area contributed by atoms with Gasteiger partial charge >= 0.3 is 0 Å². The van der Waals surface area contributed by atoms with Gasteiger partial charge in [-0.1, -0.05) is 6.07 Å². The van der Waals surface area contributed by atoms with Gasteiger partial charge in [-0.2, -0.15) is 0 Å². The Labute approximate surface area is 123 Å². The maximum absolute atomic E-state index is 5.94. The summed E-state index contributed by atoms with van der Waals surface area (Å²) in [7, 11) is 1.68. The molecule has 5 heteroatoms. The highest BCUT2D eigenvalue weighted by Crippen LogP contribution is 2.35. The number of methoxy groups -OCH3 is 1. The Balaban J connectivity index is 2.35. The number of hydrogen-bond donors (Lipinski definition) is 1. The first-order chi connectivity index (χ1) is 10.2. The van der Waals surface area contributed by atoms with Crippen molar-refractivity contribution in [3.05, 3.63) is 47.4 Å². The molecular weight excluding hydrogens is 264 g/mol. The molecule has 2 heterocycles. The van der Waals surface area contributed by atoms with Crippen molar-refractivity contribution < 1.29 is 4.74 Å². The molecule has 2 aromatic heterocycles. The second-order valence-corrected chi connectivity index (χ2v) is 5.06. The molecule has 0 aliphatic carbocycles. The Morgan fingerprint density at radius 2 is 2.10 bits per heavy atom. The Morgan fingerprint density at radius 3 is 2.81 bits per heavy atom. The fraction of sp³-hybridized carbons (Fsp3) is 0.250. The van der Waals surface area contributed by atoms with Crippen molar-refractivity contribution in [2.45, 2.75) is 20.4 Å². The van der Waals surface area contributed by atoms with Crippen LogP contribution in [0.4, 0.5) is 0 Å². The molecule has 3 rings (SSSR count). The summed E-state index contributed by atoms with van der Waals surface area (Å²) in [6, 6.07) is 6.04. The maximum atomic E-state index is 5.94. The molecule has 21 heavy (non-hydrogen) atoms. The standard InChI is InChI=1S/C16H18N4O/c1-10-7-11(2)15(21-3)12(8-10)14-13(9-17)20-6-4-5-18-16(20)19-14/h4-8H,9,17H2,1-3H3. The molecule has 0 saturated heterocycles. The van der Waals surface area contributed by atoms with E-state index in [1.807, 2.05) is 23.6 Å². The lowest BCUT2D eigenvalue weighted by Crippen LogP contribution is -2.03. The van der Waals surface area contributed by atoms with E-state index in [2.05, 4.69) is 29.0 Å². The lowest BCUT2D eigenvalue weighted by atomic mass is 10.0. The average molecular weight is 282 g/mol. The molecule has 0 spiro atoms. The lowest BCUT2D eigenvalue weighted by Gasteiger charge is -2.12. The van der Waals surface area contributed by atoms with E-state index in [1.54, 1.807) is 13.3 Å². The quantitative estimate of drug-likeness (QED) is 0.801. The second-order valence-electron chi connectivity index (χ2n) is 5.06. The highest BCUT2D eigenvalue weighted by Gasteiger charge is 2.18. The molecule has 1 aromatic carbocycles. The van der Waals surface area contributed by atoms with Crippen molar-refractivity contribution in [1.82, 2.24) is 14.4 Å². The zero-order valence-corrected chi connectivity index (χ0v) is 12.4. The number of imidazole rings is 1. The Bertz CT molecular complexity index is 807. The van der Waals surface area contributed by atoms with Crippen molar-refractivity contribution in [2.75, 3.05) is 7.11 Å². The summed E-state index contributed by atoms with van der Waals surface area (Å²) in [4.78, 5) is 8.93. The first kappa shape index (κ1) is 13.6. The van der Waals surface area contributed by atoms with Crippen LogP contribution in [-0.4, -0.2) is 21.5 Å². The smallest absolute Gasteiger partial charge is 0.234 e. The summed E-state index contributed by atoms with van der Waals surface area (Å²) in [6.45, 7) is 4.48. The van der Waals surface area contributed by atoms with E-state index in [1.165, 1.54) is 0 Å². The van der Waals surface area contributed by atoms with Crippen LogP contribution < -0.4 is 10.5 Å². The molecule has 5 nitrogen and oxygen atoms in total. The summed E-state index contributed by atoms with van der Waals surface area (Å²) in [5, 5.41) is 0. The number of rotatable bonds is 3. The summed E-state index contributed by atoms with van der Waals surface area (Å²) in [6.07, 6.45) is 3.65. The van der Waals surface area contributed by atoms with E-state index in [0.29, 0.717) is 12.3 Å². The first-order valence-corrected chi connectivity index (χ1v) is 6.83. The van der Waals surface area contributed by atoms with Gasteiger partial charge in [-0.05, 0) is 37.1 Å². The van der Waals surface area contributed by atoms with Crippen molar-refractivity contribution in [3.8, 4) is 17.0 Å². The third kappa shape index (κ3) is 2.15. The van der Waals surface area contributed by atoms with Gasteiger partial charge < -0.3 is 10.5 Å². The van der Waals surface area contributed by atoms with Crippen LogP contribution in [0.3, 0.4) is 0 Å². The summed E-state index contributed by atoms with van der Waals surface area (Å²) >= 11 is 0. The SMILES string of the molecule is COc1c(C)cc(C)cc1-c1nc2ncccn2c1CN. The number of benzene rings is 1. The van der Waals surface area contributed by atoms with Crippen LogP contribution in [0, 0.1) is 13.8 Å². The fourth-order valence-electron chi connectivity index (χ4n) is 2.75. The van der Waals surface area contributed by atoms with Crippen LogP contribution in [0.15, 0.2) is 30.6 Å². The van der Waals surface area contributed by atoms with Gasteiger partial charge in [0.2, 0.25) is 5.78 Å². The molecule has 0 atom stereocenters. The molecule has 0 saturated carbocycles. The van der Waals surface area contributed by atoms with Gasteiger partial charge in [0.15, 0.2) is 0 Å². The van der Waals surface area contributed by atoms with Crippen LogP contribution >= 0.6 is 0 Å². The van der Waals surface area contributed by atoms with Crippen molar-refractivity contribution >= 4 is 5.78 Å². The highest BCUT2D eigenvalue weighted by molar-refractivity contribution is 5.74. The Kier molecular flexibility index (Phi) is 3.35. The topological polar surface area (TPSA) is 65.4 Å². The van der Waals surface area contributed by atoms with Gasteiger partial charge in [0.25, 0.3) is 0 Å². The van der Waals surface area contributed by atoms with Gasteiger partial charge in [-0.3, -0.25) is 4.40 Å². The fourth-order valence-corrected chi connectivity index (χ4v) is 2.75. The minimum absolute atomic E-state index is 0.387. The molecule has 2 N–H and O–H groups in total. The number of ether oxygens (including phenoxy) is 1. The largest absolute Gasteiger partial charge is 0.496 e. The van der Waals surface area contributed by atoms with Gasteiger partial charge in [-0.15, -0.1) is 0 Å². The maximum Gasteiger partial charge on any atom is 0.234 e. The summed E-state index contributed by atoms with van der Waals surface area (Å²) in [5.74, 6) is 1.48. The van der Waals surface area contributed by atoms with Gasteiger partial charge in [0.1, 0.15) is 5.75 Å². The zero-order valence-electron chi connectivity index (χ0n) is 12.4. The lowest BCUT2D eigenvalue weighted by molar-refractivity contribution is 0.413. The van der Waals surface area contributed by atoms with Gasteiger partial charge in [-0.25, -0.2) is 9.97 Å². The highest BCUT2D eigenvalue weighted by atomic mass is 16.5. The number of fused-ring (bicyclic) bond motifs is 1. The Morgan fingerprint density at radius 1 is 1.29 bits per heavy atom. The number of nitrogens with two attached hydrogens (primary N) is 1. The van der Waals surface area contributed by atoms with E-state index in [0.717, 1.165) is 33.8 Å². The molecule has 0 aliphatic heterocycles. The van der Waals surface area contributed by atoms with E-state index in [9.17, 15) is 0 Å². The van der Waals surface area contributed by atoms with Crippen LogP contribution in [0.5, 0.6) is 5.75 Å². The van der Waals surface area contributed by atoms with E-state index in [-0.39, 0.29) is 0 Å². The number of nitrogens with zero attached hydrogens (tertiary/aromatic N) is 3. The molecule has 0 aliphatic rings. The zero-order chi connectivity index (χ0) is 15.0. The first-order valence-electron chi connectivity index (χ1n) is 6.83. The molecule has 0 radical (unpaired) electrons.